The zero-order chi connectivity index (χ0) is 19.0. The van der Waals surface area contributed by atoms with Gasteiger partial charge in [0.05, 0.1) is 16.9 Å². The maximum Gasteiger partial charge on any atom is 0.269 e. The van der Waals surface area contributed by atoms with Crippen LogP contribution in [-0.2, 0) is 19.5 Å². The number of hydrogen-bond donors (Lipinski definition) is 1. The summed E-state index contributed by atoms with van der Waals surface area (Å²) < 4.78 is 19.3. The average molecular weight is 370 g/mol. The molecule has 27 heavy (non-hydrogen) atoms. The Morgan fingerprint density at radius 2 is 2.22 bits per heavy atom. The van der Waals surface area contributed by atoms with Gasteiger partial charge in [-0.15, -0.1) is 0 Å². The van der Waals surface area contributed by atoms with E-state index in [1.807, 2.05) is 4.90 Å². The second-order valence-electron chi connectivity index (χ2n) is 6.31. The Morgan fingerprint density at radius 3 is 2.96 bits per heavy atom. The first-order chi connectivity index (χ1) is 13.0. The minimum atomic E-state index is -0.550. The fraction of sp³-hybridized carbons (Fsp3) is 0.222. The van der Waals surface area contributed by atoms with Crippen molar-refractivity contribution >= 4 is 5.69 Å². The molecule has 138 valence electrons. The molecule has 0 saturated heterocycles. The highest BCUT2D eigenvalue weighted by molar-refractivity contribution is 5.47. The summed E-state index contributed by atoms with van der Waals surface area (Å²) in [6.45, 7) is 1.06. The van der Waals surface area contributed by atoms with E-state index in [2.05, 4.69) is 9.97 Å². The normalized spacial score (nSPS) is 14.1. The van der Waals surface area contributed by atoms with Crippen molar-refractivity contribution < 1.29 is 13.7 Å². The van der Waals surface area contributed by atoms with Crippen molar-refractivity contribution in [1.82, 2.24) is 14.9 Å². The Balaban J connectivity index is 1.61. The maximum atomic E-state index is 14.1. The molecule has 4 rings (SSSR count). The van der Waals surface area contributed by atoms with Crippen molar-refractivity contribution in [3.63, 3.8) is 0 Å². The number of fused-ring (bicyclic) bond motifs is 1. The van der Waals surface area contributed by atoms with Crippen LogP contribution in [-0.4, -0.2) is 26.3 Å². The molecule has 0 radical (unpaired) electrons. The van der Waals surface area contributed by atoms with E-state index in [1.54, 1.807) is 12.1 Å². The molecule has 0 amide bonds. The van der Waals surface area contributed by atoms with Crippen molar-refractivity contribution in [2.24, 2.45) is 0 Å². The Kier molecular flexibility index (Phi) is 4.28. The van der Waals surface area contributed by atoms with E-state index in [0.29, 0.717) is 42.4 Å². The number of hydrogen-bond acceptors (Lipinski definition) is 6. The molecule has 0 aliphatic carbocycles. The van der Waals surface area contributed by atoms with Crippen LogP contribution in [0.15, 0.2) is 45.8 Å². The van der Waals surface area contributed by atoms with Gasteiger partial charge in [-0.2, -0.15) is 0 Å². The van der Waals surface area contributed by atoms with Crippen molar-refractivity contribution in [1.29, 1.82) is 0 Å². The molecule has 0 bridgehead atoms. The fourth-order valence-electron chi connectivity index (χ4n) is 3.20. The Labute approximate surface area is 152 Å². The van der Waals surface area contributed by atoms with Crippen molar-refractivity contribution in [2.75, 3.05) is 6.54 Å². The summed E-state index contributed by atoms with van der Waals surface area (Å²) in [7, 11) is 0. The van der Waals surface area contributed by atoms with Gasteiger partial charge in [-0.1, -0.05) is 0 Å². The van der Waals surface area contributed by atoms with Gasteiger partial charge < -0.3 is 9.40 Å². The van der Waals surface area contributed by atoms with Crippen LogP contribution in [0.25, 0.3) is 11.6 Å². The van der Waals surface area contributed by atoms with E-state index in [4.69, 9.17) is 4.42 Å². The molecular weight excluding hydrogens is 355 g/mol. The van der Waals surface area contributed by atoms with Gasteiger partial charge in [0, 0.05) is 42.9 Å². The Bertz CT molecular complexity index is 1060. The lowest BCUT2D eigenvalue weighted by Gasteiger charge is -2.27. The third kappa shape index (κ3) is 3.36. The van der Waals surface area contributed by atoms with Crippen molar-refractivity contribution in [3.8, 4) is 11.6 Å². The molecule has 0 atom stereocenters. The zero-order valence-corrected chi connectivity index (χ0v) is 14.1. The van der Waals surface area contributed by atoms with Gasteiger partial charge in [-0.3, -0.25) is 19.8 Å². The van der Waals surface area contributed by atoms with Gasteiger partial charge in [0.2, 0.25) is 0 Å². The summed E-state index contributed by atoms with van der Waals surface area (Å²) in [5, 5.41) is 10.9. The summed E-state index contributed by atoms with van der Waals surface area (Å²) in [6, 6.07) is 6.88. The van der Waals surface area contributed by atoms with Crippen LogP contribution in [0, 0.1) is 15.9 Å². The predicted octanol–water partition coefficient (Wildman–Crippen LogP) is 2.64. The summed E-state index contributed by atoms with van der Waals surface area (Å²) in [5.41, 5.74) is 1.07. The van der Waals surface area contributed by atoms with Gasteiger partial charge in [0.15, 0.2) is 11.6 Å². The van der Waals surface area contributed by atoms with Gasteiger partial charge in [0.25, 0.3) is 11.2 Å². The number of rotatable bonds is 4. The topological polar surface area (TPSA) is 105 Å². The molecule has 1 N–H and O–H groups in total. The number of aromatic amines is 1. The van der Waals surface area contributed by atoms with E-state index in [9.17, 15) is 19.3 Å². The Hall–Kier alpha value is -3.33. The molecule has 8 nitrogen and oxygen atoms in total. The lowest BCUT2D eigenvalue weighted by atomic mass is 10.0. The number of halogens is 1. The van der Waals surface area contributed by atoms with Gasteiger partial charge in [-0.05, 0) is 24.6 Å². The quantitative estimate of drug-likeness (QED) is 0.559. The van der Waals surface area contributed by atoms with Crippen LogP contribution < -0.4 is 5.56 Å². The van der Waals surface area contributed by atoms with E-state index < -0.39 is 10.7 Å². The number of aromatic nitrogens is 2. The first kappa shape index (κ1) is 17.1. The molecule has 0 fully saturated rings. The third-order valence-electron chi connectivity index (χ3n) is 4.54. The highest BCUT2D eigenvalue weighted by atomic mass is 19.1. The molecule has 3 heterocycles. The highest BCUT2D eigenvalue weighted by Crippen LogP contribution is 2.23. The van der Waals surface area contributed by atoms with Crippen LogP contribution in [0.4, 0.5) is 10.1 Å². The van der Waals surface area contributed by atoms with Crippen LogP contribution in [0.1, 0.15) is 16.8 Å². The van der Waals surface area contributed by atoms with Crippen LogP contribution >= 0.6 is 0 Å². The number of non-ortho nitro benzene ring substituents is 1. The monoisotopic (exact) mass is 370 g/mol. The first-order valence-corrected chi connectivity index (χ1v) is 8.32. The summed E-state index contributed by atoms with van der Waals surface area (Å²) in [5.74, 6) is 0.297. The number of furan rings is 1. The predicted molar refractivity (Wildman–Crippen MR) is 93.4 cm³/mol. The minimum Gasteiger partial charge on any atom is -0.461 e. The van der Waals surface area contributed by atoms with Gasteiger partial charge in [-0.25, -0.2) is 9.37 Å². The lowest BCUT2D eigenvalue weighted by Crippen LogP contribution is -2.35. The number of nitro groups is 1. The van der Waals surface area contributed by atoms with Crippen LogP contribution in [0.3, 0.4) is 0 Å². The molecule has 2 aromatic heterocycles. The zero-order valence-electron chi connectivity index (χ0n) is 14.1. The molecule has 1 aliphatic heterocycles. The van der Waals surface area contributed by atoms with Gasteiger partial charge >= 0.3 is 0 Å². The number of benzene rings is 1. The van der Waals surface area contributed by atoms with Crippen LogP contribution in [0.5, 0.6) is 0 Å². The fourth-order valence-corrected chi connectivity index (χ4v) is 3.20. The summed E-state index contributed by atoms with van der Waals surface area (Å²) in [6.07, 6.45) is 1.96. The van der Waals surface area contributed by atoms with E-state index in [-0.39, 0.29) is 23.4 Å². The Morgan fingerprint density at radius 1 is 1.37 bits per heavy atom. The number of nitro benzene ring substituents is 1. The molecule has 9 heteroatoms. The number of nitrogens with one attached hydrogen (secondary N) is 1. The highest BCUT2D eigenvalue weighted by Gasteiger charge is 2.23. The molecule has 0 saturated carbocycles. The molecule has 0 unspecified atom stereocenters. The number of H-pyrrole nitrogens is 1. The SMILES string of the molecule is O=c1[nH]c(-c2ccco2)nc2c1CCN(Cc1cc([N+](=O)[O-])ccc1F)C2. The smallest absolute Gasteiger partial charge is 0.269 e. The van der Waals surface area contributed by atoms with Crippen LogP contribution in [0.2, 0.25) is 0 Å². The molecular formula is C18H15FN4O4. The number of nitrogens with zero attached hydrogens (tertiary/aromatic N) is 3. The molecule has 1 aromatic carbocycles. The maximum absolute atomic E-state index is 14.1. The second kappa shape index (κ2) is 6.76. The second-order valence-corrected chi connectivity index (χ2v) is 6.31. The largest absolute Gasteiger partial charge is 0.461 e. The molecule has 0 spiro atoms. The third-order valence-corrected chi connectivity index (χ3v) is 4.54. The minimum absolute atomic E-state index is 0.154. The average Bonchev–Trinajstić information content (AvgIpc) is 3.18. The van der Waals surface area contributed by atoms with E-state index >= 15 is 0 Å². The van der Waals surface area contributed by atoms with Crippen molar-refractivity contribution in [2.45, 2.75) is 19.5 Å². The van der Waals surface area contributed by atoms with E-state index in [1.165, 1.54) is 12.3 Å². The first-order valence-electron chi connectivity index (χ1n) is 8.32. The van der Waals surface area contributed by atoms with Gasteiger partial charge in [0.1, 0.15) is 5.82 Å². The summed E-state index contributed by atoms with van der Waals surface area (Å²) >= 11 is 0. The van der Waals surface area contributed by atoms with Crippen molar-refractivity contribution in [3.05, 3.63) is 79.7 Å². The molecule has 1 aliphatic rings. The molecule has 3 aromatic rings. The summed E-state index contributed by atoms with van der Waals surface area (Å²) in [4.78, 5) is 31.8. The van der Waals surface area contributed by atoms with E-state index in [0.717, 1.165) is 12.1 Å². The standard InChI is InChI=1S/C18H15FN4O4/c19-14-4-3-12(23(25)26)8-11(14)9-22-6-5-13-15(10-22)20-17(21-18(13)24)16-2-1-7-27-16/h1-4,7-8H,5-6,9-10H2,(H,20,21,24). The lowest BCUT2D eigenvalue weighted by molar-refractivity contribution is -0.385.